The van der Waals surface area contributed by atoms with E-state index >= 15 is 0 Å². The summed E-state index contributed by atoms with van der Waals surface area (Å²) in [5.74, 6) is 0. The van der Waals surface area contributed by atoms with Crippen molar-refractivity contribution in [2.75, 3.05) is 0 Å². The zero-order valence-electron chi connectivity index (χ0n) is 21.0. The summed E-state index contributed by atoms with van der Waals surface area (Å²) in [5, 5.41) is 5.31. The fourth-order valence-corrected chi connectivity index (χ4v) is 12.7. The first kappa shape index (κ1) is 24.4. The van der Waals surface area contributed by atoms with Crippen molar-refractivity contribution in [2.45, 2.75) is 84.7 Å². The Hall–Kier alpha value is -1.22. The van der Waals surface area contributed by atoms with Gasteiger partial charge in [0.2, 0.25) is 0 Å². The predicted octanol–water partition coefficient (Wildman–Crippen LogP) is 8.42. The van der Waals surface area contributed by atoms with E-state index < -0.39 is 7.92 Å². The van der Waals surface area contributed by atoms with Crippen molar-refractivity contribution in [3.63, 3.8) is 0 Å². The van der Waals surface area contributed by atoms with Gasteiger partial charge in [0.05, 0.1) is 0 Å². The lowest BCUT2D eigenvalue weighted by Crippen LogP contribution is -2.28. The molecule has 2 aromatic rings. The summed E-state index contributed by atoms with van der Waals surface area (Å²) in [6.07, 6.45) is 6.02. The Bertz CT molecular complexity index is 923. The van der Waals surface area contributed by atoms with Crippen LogP contribution >= 0.6 is 15.8 Å². The highest BCUT2D eigenvalue weighted by atomic mass is 31.1. The Morgan fingerprint density at radius 2 is 1.19 bits per heavy atom. The molecule has 0 saturated heterocycles. The number of allylic oxidation sites excluding steroid dienone is 4. The van der Waals surface area contributed by atoms with Gasteiger partial charge in [-0.25, -0.2) is 0 Å². The van der Waals surface area contributed by atoms with Gasteiger partial charge >= 0.3 is 0 Å². The van der Waals surface area contributed by atoms with Crippen LogP contribution in [0.15, 0.2) is 71.6 Å². The average Bonchev–Trinajstić information content (AvgIpc) is 3.11. The van der Waals surface area contributed by atoms with Crippen LogP contribution in [0.2, 0.25) is 0 Å². The van der Waals surface area contributed by atoms with Gasteiger partial charge in [-0.3, -0.25) is 0 Å². The van der Waals surface area contributed by atoms with Crippen molar-refractivity contribution >= 4 is 26.5 Å². The van der Waals surface area contributed by atoms with E-state index in [-0.39, 0.29) is 18.2 Å². The van der Waals surface area contributed by atoms with Gasteiger partial charge in [-0.05, 0) is 65.6 Å². The molecule has 0 aliphatic heterocycles. The third-order valence-corrected chi connectivity index (χ3v) is 12.9. The molecule has 0 bridgehead atoms. The van der Waals surface area contributed by atoms with Gasteiger partial charge in [0, 0.05) is 5.66 Å². The number of aryl methyl sites for hydroxylation is 2. The zero-order chi connectivity index (χ0) is 23.0. The first-order valence-electron chi connectivity index (χ1n) is 11.5. The zero-order valence-corrected chi connectivity index (χ0v) is 22.7. The van der Waals surface area contributed by atoms with Crippen molar-refractivity contribution in [2.24, 2.45) is 0 Å². The summed E-state index contributed by atoms with van der Waals surface area (Å²) >= 11 is 0. The molecule has 31 heavy (non-hydrogen) atoms. The van der Waals surface area contributed by atoms with Gasteiger partial charge in [-0.15, -0.1) is 0 Å². The molecule has 2 aromatic carbocycles. The Morgan fingerprint density at radius 1 is 0.742 bits per heavy atom. The molecule has 0 N–H and O–H groups in total. The molecule has 3 rings (SSSR count). The molecule has 0 radical (unpaired) electrons. The molecule has 166 valence electrons. The summed E-state index contributed by atoms with van der Waals surface area (Å²) in [6.45, 7) is 21.7. The largest absolute Gasteiger partial charge is 0.0798 e. The fourth-order valence-electron chi connectivity index (χ4n) is 5.21. The second-order valence-electron chi connectivity index (χ2n) is 10.8. The van der Waals surface area contributed by atoms with Crippen LogP contribution < -0.4 is 10.6 Å². The van der Waals surface area contributed by atoms with E-state index in [1.807, 2.05) is 0 Å². The van der Waals surface area contributed by atoms with Gasteiger partial charge < -0.3 is 0 Å². The Balaban J connectivity index is 2.20. The molecule has 0 unspecified atom stereocenters. The minimum Gasteiger partial charge on any atom is -0.0798 e. The molecule has 1 atom stereocenters. The summed E-state index contributed by atoms with van der Waals surface area (Å²) in [6, 6.07) is 18.1. The number of hydrogen-bond donors (Lipinski definition) is 0. The smallest absolute Gasteiger partial charge is 0.00652 e. The SMILES string of the molecule is Cc1ccccc1P(c1ccccc1C)[C@H](C)C1=C(P(C(C)(C)C)C(C)(C)C)C=CC1. The molecule has 0 heterocycles. The Labute approximate surface area is 193 Å². The van der Waals surface area contributed by atoms with Crippen molar-refractivity contribution < 1.29 is 0 Å². The molecule has 0 spiro atoms. The maximum absolute atomic E-state index is 2.51. The standard InChI is InChI=1S/C29H40P2/c1-21-15-10-12-18-25(21)30(26-19-13-11-16-22(26)2)23(3)24-17-14-20-27(24)31(28(4,5)6)29(7,8)9/h10-16,18-20,23H,17H2,1-9H3/t23-/m1/s1. The lowest BCUT2D eigenvalue weighted by molar-refractivity contribution is 0.711. The second-order valence-corrected chi connectivity index (χ2v) is 17.1. The topological polar surface area (TPSA) is 0 Å². The minimum absolute atomic E-state index is 0.288. The summed E-state index contributed by atoms with van der Waals surface area (Å²) < 4.78 is 0. The monoisotopic (exact) mass is 450 g/mol. The maximum atomic E-state index is 2.51. The van der Waals surface area contributed by atoms with Crippen LogP contribution in [0.25, 0.3) is 0 Å². The van der Waals surface area contributed by atoms with E-state index in [1.54, 1.807) is 10.9 Å². The van der Waals surface area contributed by atoms with Crippen LogP contribution in [-0.2, 0) is 0 Å². The van der Waals surface area contributed by atoms with Crippen LogP contribution in [0.5, 0.6) is 0 Å². The first-order valence-corrected chi connectivity index (χ1v) is 14.3. The van der Waals surface area contributed by atoms with E-state index in [0.717, 1.165) is 6.42 Å². The third kappa shape index (κ3) is 5.24. The number of hydrogen-bond acceptors (Lipinski definition) is 0. The van der Waals surface area contributed by atoms with Crippen LogP contribution in [-0.4, -0.2) is 16.0 Å². The number of benzene rings is 2. The highest BCUT2D eigenvalue weighted by Crippen LogP contribution is 2.67. The normalized spacial score (nSPS) is 16.0. The highest BCUT2D eigenvalue weighted by Gasteiger charge is 2.40. The van der Waals surface area contributed by atoms with Gasteiger partial charge in [-0.1, -0.05) is 123 Å². The highest BCUT2D eigenvalue weighted by molar-refractivity contribution is 7.74. The van der Waals surface area contributed by atoms with Crippen molar-refractivity contribution in [3.8, 4) is 0 Å². The van der Waals surface area contributed by atoms with Crippen LogP contribution in [0, 0.1) is 13.8 Å². The van der Waals surface area contributed by atoms with Gasteiger partial charge in [0.25, 0.3) is 0 Å². The summed E-state index contributed by atoms with van der Waals surface area (Å²) in [5.41, 5.74) is 5.06. The second kappa shape index (κ2) is 9.33. The maximum Gasteiger partial charge on any atom is 0.00652 e. The molecule has 1 aliphatic carbocycles. The lowest BCUT2D eigenvalue weighted by Gasteiger charge is -2.43. The van der Waals surface area contributed by atoms with Gasteiger partial charge in [-0.2, -0.15) is 0 Å². The molecule has 0 fully saturated rings. The Morgan fingerprint density at radius 3 is 1.61 bits per heavy atom. The molecule has 0 aromatic heterocycles. The van der Waals surface area contributed by atoms with Crippen molar-refractivity contribution in [3.05, 3.63) is 82.7 Å². The summed E-state index contributed by atoms with van der Waals surface area (Å²) in [4.78, 5) is 0. The van der Waals surface area contributed by atoms with Crippen molar-refractivity contribution in [1.82, 2.24) is 0 Å². The van der Waals surface area contributed by atoms with E-state index in [4.69, 9.17) is 0 Å². The van der Waals surface area contributed by atoms with Gasteiger partial charge in [0.1, 0.15) is 0 Å². The lowest BCUT2D eigenvalue weighted by atomic mass is 10.2. The van der Waals surface area contributed by atoms with E-state index in [2.05, 4.69) is 123 Å². The molecular weight excluding hydrogens is 410 g/mol. The predicted molar refractivity (Wildman–Crippen MR) is 145 cm³/mol. The Kier molecular flexibility index (Phi) is 7.35. The van der Waals surface area contributed by atoms with Gasteiger partial charge in [0.15, 0.2) is 0 Å². The first-order chi connectivity index (χ1) is 14.4. The van der Waals surface area contributed by atoms with E-state index in [9.17, 15) is 0 Å². The number of rotatable bonds is 5. The third-order valence-electron chi connectivity index (χ3n) is 6.17. The molecule has 2 heteroatoms. The minimum atomic E-state index is -0.475. The molecular formula is C29H40P2. The molecule has 0 saturated carbocycles. The van der Waals surface area contributed by atoms with Crippen LogP contribution in [0.1, 0.15) is 66.0 Å². The van der Waals surface area contributed by atoms with Crippen LogP contribution in [0.4, 0.5) is 0 Å². The van der Waals surface area contributed by atoms with E-state index in [0.29, 0.717) is 5.66 Å². The van der Waals surface area contributed by atoms with E-state index in [1.165, 1.54) is 21.7 Å². The fraction of sp³-hybridized carbons (Fsp3) is 0.448. The molecule has 1 aliphatic rings. The molecule has 0 nitrogen and oxygen atoms in total. The summed E-state index contributed by atoms with van der Waals surface area (Å²) in [7, 11) is -0.766. The average molecular weight is 451 g/mol. The van der Waals surface area contributed by atoms with Crippen molar-refractivity contribution in [1.29, 1.82) is 0 Å². The van der Waals surface area contributed by atoms with Crippen LogP contribution in [0.3, 0.4) is 0 Å². The quantitative estimate of drug-likeness (QED) is 0.401. The molecule has 0 amide bonds.